The molecule has 0 fully saturated rings. The van der Waals surface area contributed by atoms with Crippen LogP contribution in [-0.4, -0.2) is 36.9 Å². The predicted molar refractivity (Wildman–Crippen MR) is 101 cm³/mol. The number of anilines is 1. The van der Waals surface area contributed by atoms with Gasteiger partial charge in [-0.15, -0.1) is 0 Å². The van der Waals surface area contributed by atoms with Gasteiger partial charge in [-0.05, 0) is 30.3 Å². The molecule has 0 aliphatic rings. The lowest BCUT2D eigenvalue weighted by molar-refractivity contribution is 0.374. The fourth-order valence-corrected chi connectivity index (χ4v) is 3.06. The highest BCUT2D eigenvalue weighted by molar-refractivity contribution is 7.95. The van der Waals surface area contributed by atoms with Gasteiger partial charge in [0.05, 0.1) is 39.4 Å². The van der Waals surface area contributed by atoms with Crippen LogP contribution in [0.2, 0.25) is 0 Å². The Morgan fingerprint density at radius 2 is 1.35 bits per heavy atom. The molecular formula is C18H21NO6S. The predicted octanol–water partition coefficient (Wildman–Crippen LogP) is 3.13. The molecule has 2 rings (SSSR count). The van der Waals surface area contributed by atoms with Crippen LogP contribution in [0.25, 0.3) is 6.08 Å². The SMILES string of the molecule is COc1ccc(NS(=O)(=O)/C=C/c2c(OC)cc(OC)cc2OC)cc1. The smallest absolute Gasteiger partial charge is 0.255 e. The second-order valence-electron chi connectivity index (χ2n) is 5.12. The van der Waals surface area contributed by atoms with E-state index in [2.05, 4.69) is 4.72 Å². The van der Waals surface area contributed by atoms with E-state index in [1.165, 1.54) is 34.5 Å². The average Bonchev–Trinajstić information content (AvgIpc) is 2.65. The van der Waals surface area contributed by atoms with E-state index in [1.54, 1.807) is 36.4 Å². The number of rotatable bonds is 8. The molecule has 0 heterocycles. The summed E-state index contributed by atoms with van der Waals surface area (Å²) in [6.07, 6.45) is 1.41. The zero-order chi connectivity index (χ0) is 19.2. The number of nitrogens with one attached hydrogen (secondary N) is 1. The summed E-state index contributed by atoms with van der Waals surface area (Å²) in [7, 11) is 2.29. The molecule has 0 unspecified atom stereocenters. The maximum Gasteiger partial charge on any atom is 0.255 e. The topological polar surface area (TPSA) is 83.1 Å². The summed E-state index contributed by atoms with van der Waals surface area (Å²) in [5.41, 5.74) is 0.903. The van der Waals surface area contributed by atoms with Crippen molar-refractivity contribution in [1.82, 2.24) is 0 Å². The van der Waals surface area contributed by atoms with Crippen molar-refractivity contribution in [3.63, 3.8) is 0 Å². The van der Waals surface area contributed by atoms with Crippen LogP contribution in [0.15, 0.2) is 41.8 Å². The molecule has 0 saturated heterocycles. The molecule has 0 aromatic heterocycles. The Hall–Kier alpha value is -2.87. The molecule has 1 N–H and O–H groups in total. The number of ether oxygens (including phenoxy) is 4. The van der Waals surface area contributed by atoms with Gasteiger partial charge in [0.15, 0.2) is 0 Å². The summed E-state index contributed by atoms with van der Waals surface area (Å²) in [5.74, 6) is 2.03. The summed E-state index contributed by atoms with van der Waals surface area (Å²) in [6, 6.07) is 9.84. The number of benzene rings is 2. The molecule has 0 amide bonds. The zero-order valence-electron chi connectivity index (χ0n) is 15.0. The molecule has 0 saturated carbocycles. The van der Waals surface area contributed by atoms with Gasteiger partial charge < -0.3 is 18.9 Å². The summed E-state index contributed by atoms with van der Waals surface area (Å²) >= 11 is 0. The highest BCUT2D eigenvalue weighted by Crippen LogP contribution is 2.35. The standard InChI is InChI=1S/C18H21NO6S/c1-22-14-7-5-13(6-8-14)19-26(20,21)10-9-16-17(24-3)11-15(23-2)12-18(16)25-4/h5-12,19H,1-4H3/b10-9+. The maximum absolute atomic E-state index is 12.3. The Kier molecular flexibility index (Phi) is 6.35. The van der Waals surface area contributed by atoms with E-state index >= 15 is 0 Å². The van der Waals surface area contributed by atoms with Crippen molar-refractivity contribution in [3.8, 4) is 23.0 Å². The van der Waals surface area contributed by atoms with E-state index in [9.17, 15) is 8.42 Å². The Balaban J connectivity index is 2.29. The first-order valence-electron chi connectivity index (χ1n) is 7.57. The Bertz CT molecular complexity index is 850. The van der Waals surface area contributed by atoms with Crippen molar-refractivity contribution in [2.75, 3.05) is 33.2 Å². The molecule has 7 nitrogen and oxygen atoms in total. The minimum atomic E-state index is -3.73. The molecule has 0 atom stereocenters. The van der Waals surface area contributed by atoms with Crippen LogP contribution in [0.4, 0.5) is 5.69 Å². The molecule has 0 bridgehead atoms. The van der Waals surface area contributed by atoms with E-state index in [-0.39, 0.29) is 0 Å². The third-order valence-electron chi connectivity index (χ3n) is 3.52. The van der Waals surface area contributed by atoms with Crippen molar-refractivity contribution in [2.24, 2.45) is 0 Å². The molecular weight excluding hydrogens is 358 g/mol. The Morgan fingerprint density at radius 3 is 1.81 bits per heavy atom. The van der Waals surface area contributed by atoms with Crippen LogP contribution < -0.4 is 23.7 Å². The quantitative estimate of drug-likeness (QED) is 0.759. The third-order valence-corrected chi connectivity index (χ3v) is 4.53. The van der Waals surface area contributed by atoms with Crippen LogP contribution in [0, 0.1) is 0 Å². The molecule has 8 heteroatoms. The second-order valence-corrected chi connectivity index (χ2v) is 6.69. The van der Waals surface area contributed by atoms with E-state index in [1.807, 2.05) is 0 Å². The lowest BCUT2D eigenvalue weighted by Gasteiger charge is -2.12. The van der Waals surface area contributed by atoms with Gasteiger partial charge in [-0.3, -0.25) is 4.72 Å². The summed E-state index contributed by atoms with van der Waals surface area (Å²) in [5, 5.41) is 1.05. The average molecular weight is 379 g/mol. The van der Waals surface area contributed by atoms with Gasteiger partial charge in [-0.1, -0.05) is 0 Å². The first-order chi connectivity index (χ1) is 12.4. The first kappa shape index (κ1) is 19.5. The summed E-state index contributed by atoms with van der Waals surface area (Å²) < 4.78 is 47.9. The second kappa shape index (κ2) is 8.48. The molecule has 0 aliphatic carbocycles. The van der Waals surface area contributed by atoms with E-state index in [0.717, 1.165) is 5.41 Å². The highest BCUT2D eigenvalue weighted by Gasteiger charge is 2.13. The van der Waals surface area contributed by atoms with Gasteiger partial charge in [0.1, 0.15) is 23.0 Å². The molecule has 0 radical (unpaired) electrons. The summed E-state index contributed by atoms with van der Waals surface area (Å²) in [4.78, 5) is 0. The van der Waals surface area contributed by atoms with E-state index < -0.39 is 10.0 Å². The maximum atomic E-state index is 12.3. The van der Waals surface area contributed by atoms with Crippen molar-refractivity contribution in [1.29, 1.82) is 0 Å². The normalized spacial score (nSPS) is 11.2. The molecule has 2 aromatic rings. The van der Waals surface area contributed by atoms with Crippen molar-refractivity contribution in [2.45, 2.75) is 0 Å². The van der Waals surface area contributed by atoms with Gasteiger partial charge in [-0.2, -0.15) is 0 Å². The minimum absolute atomic E-state index is 0.420. The third kappa shape index (κ3) is 4.82. The fourth-order valence-electron chi connectivity index (χ4n) is 2.21. The van der Waals surface area contributed by atoms with E-state index in [0.29, 0.717) is 34.2 Å². The molecule has 0 spiro atoms. The van der Waals surface area contributed by atoms with Gasteiger partial charge in [0.25, 0.3) is 10.0 Å². The van der Waals surface area contributed by atoms with Crippen molar-refractivity contribution >= 4 is 21.8 Å². The molecule has 0 aliphatic heterocycles. The van der Waals surface area contributed by atoms with Crippen LogP contribution in [-0.2, 0) is 10.0 Å². The monoisotopic (exact) mass is 379 g/mol. The molecule has 2 aromatic carbocycles. The first-order valence-corrected chi connectivity index (χ1v) is 9.12. The number of hydrogen-bond donors (Lipinski definition) is 1. The summed E-state index contributed by atoms with van der Waals surface area (Å²) in [6.45, 7) is 0. The lowest BCUT2D eigenvalue weighted by atomic mass is 10.1. The molecule has 140 valence electrons. The highest BCUT2D eigenvalue weighted by atomic mass is 32.2. The van der Waals surface area contributed by atoms with Crippen LogP contribution >= 0.6 is 0 Å². The largest absolute Gasteiger partial charge is 0.497 e. The molecule has 26 heavy (non-hydrogen) atoms. The lowest BCUT2D eigenvalue weighted by Crippen LogP contribution is -2.08. The van der Waals surface area contributed by atoms with Gasteiger partial charge >= 0.3 is 0 Å². The van der Waals surface area contributed by atoms with Crippen LogP contribution in [0.1, 0.15) is 5.56 Å². The van der Waals surface area contributed by atoms with Crippen LogP contribution in [0.3, 0.4) is 0 Å². The fraction of sp³-hybridized carbons (Fsp3) is 0.222. The number of sulfonamides is 1. The van der Waals surface area contributed by atoms with Gasteiger partial charge in [0, 0.05) is 17.8 Å². The van der Waals surface area contributed by atoms with E-state index in [4.69, 9.17) is 18.9 Å². The van der Waals surface area contributed by atoms with Crippen molar-refractivity contribution < 1.29 is 27.4 Å². The van der Waals surface area contributed by atoms with Gasteiger partial charge in [0.2, 0.25) is 0 Å². The van der Waals surface area contributed by atoms with Crippen LogP contribution in [0.5, 0.6) is 23.0 Å². The zero-order valence-corrected chi connectivity index (χ0v) is 15.8. The van der Waals surface area contributed by atoms with Crippen molar-refractivity contribution in [3.05, 3.63) is 47.4 Å². The Morgan fingerprint density at radius 1 is 0.808 bits per heavy atom. The Labute approximate surface area is 153 Å². The minimum Gasteiger partial charge on any atom is -0.497 e. The number of methoxy groups -OCH3 is 4. The van der Waals surface area contributed by atoms with Gasteiger partial charge in [-0.25, -0.2) is 8.42 Å². The number of hydrogen-bond acceptors (Lipinski definition) is 6.